The Balaban J connectivity index is 1.88. The highest BCUT2D eigenvalue weighted by molar-refractivity contribution is 5.34. The molecule has 0 spiro atoms. The number of aryl methyl sites for hydroxylation is 1. The van der Waals surface area contributed by atoms with E-state index in [4.69, 9.17) is 0 Å². The van der Waals surface area contributed by atoms with Crippen LogP contribution in [0.3, 0.4) is 0 Å². The van der Waals surface area contributed by atoms with Crippen molar-refractivity contribution in [3.63, 3.8) is 0 Å². The Kier molecular flexibility index (Phi) is 3.17. The maximum atomic E-state index is 3.55. The van der Waals surface area contributed by atoms with E-state index in [1.165, 1.54) is 44.3 Å². The van der Waals surface area contributed by atoms with Gasteiger partial charge >= 0.3 is 0 Å². The first-order valence-corrected chi connectivity index (χ1v) is 6.89. The van der Waals surface area contributed by atoms with Crippen molar-refractivity contribution in [1.29, 1.82) is 0 Å². The number of likely N-dealkylation sites (tertiary alicyclic amines) is 1. The van der Waals surface area contributed by atoms with E-state index in [0.29, 0.717) is 12.1 Å². The maximum absolute atomic E-state index is 3.55. The smallest absolute Gasteiger partial charge is 0.0478 e. The van der Waals surface area contributed by atoms with Gasteiger partial charge in [0.15, 0.2) is 0 Å². The minimum absolute atomic E-state index is 0.526. The predicted molar refractivity (Wildman–Crippen MR) is 71.2 cm³/mol. The quantitative estimate of drug-likeness (QED) is 0.839. The number of nitrogens with one attached hydrogen (secondary N) is 1. The Morgan fingerprint density at radius 2 is 1.94 bits per heavy atom. The number of nitrogens with zero attached hydrogens (tertiary/aromatic N) is 1. The summed E-state index contributed by atoms with van der Waals surface area (Å²) < 4.78 is 0. The molecule has 92 valence electrons. The fourth-order valence-corrected chi connectivity index (χ4v) is 3.56. The van der Waals surface area contributed by atoms with Gasteiger partial charge in [0.2, 0.25) is 0 Å². The van der Waals surface area contributed by atoms with E-state index < -0.39 is 0 Å². The molecule has 1 aromatic rings. The molecular weight excluding hydrogens is 208 g/mol. The predicted octanol–water partition coefficient (Wildman–Crippen LogP) is 2.36. The van der Waals surface area contributed by atoms with Crippen molar-refractivity contribution in [1.82, 2.24) is 10.2 Å². The van der Waals surface area contributed by atoms with E-state index in [0.717, 1.165) is 0 Å². The standard InChI is InChI=1S/C15H22N2/c1-16-15-13-7-3-2-6-12(13)8-9-14(15)17-10-4-5-11-17/h2-3,6-7,14-16H,4-5,8-11H2,1H3. The fraction of sp³-hybridized carbons (Fsp3) is 0.600. The lowest BCUT2D eigenvalue weighted by atomic mass is 9.83. The van der Waals surface area contributed by atoms with E-state index >= 15 is 0 Å². The van der Waals surface area contributed by atoms with Gasteiger partial charge in [-0.25, -0.2) is 0 Å². The molecular formula is C15H22N2. The summed E-state index contributed by atoms with van der Waals surface area (Å²) in [7, 11) is 2.11. The van der Waals surface area contributed by atoms with Crippen molar-refractivity contribution in [3.05, 3.63) is 35.4 Å². The maximum Gasteiger partial charge on any atom is 0.0478 e. The van der Waals surface area contributed by atoms with Gasteiger partial charge in [0.1, 0.15) is 0 Å². The van der Waals surface area contributed by atoms with Crippen LogP contribution in [0.5, 0.6) is 0 Å². The third-order valence-corrected chi connectivity index (χ3v) is 4.41. The summed E-state index contributed by atoms with van der Waals surface area (Å²) in [6.45, 7) is 2.59. The van der Waals surface area contributed by atoms with Gasteiger partial charge < -0.3 is 5.32 Å². The highest BCUT2D eigenvalue weighted by Gasteiger charge is 2.33. The Hall–Kier alpha value is -0.860. The van der Waals surface area contributed by atoms with Gasteiger partial charge in [-0.3, -0.25) is 4.90 Å². The Morgan fingerprint density at radius 3 is 2.71 bits per heavy atom. The number of fused-ring (bicyclic) bond motifs is 1. The first-order valence-electron chi connectivity index (χ1n) is 6.89. The van der Waals surface area contributed by atoms with Gasteiger partial charge in [-0.1, -0.05) is 24.3 Å². The number of hydrogen-bond donors (Lipinski definition) is 1. The summed E-state index contributed by atoms with van der Waals surface area (Å²) in [6, 6.07) is 10.2. The van der Waals surface area contributed by atoms with Crippen LogP contribution in [0.25, 0.3) is 0 Å². The number of benzene rings is 1. The zero-order valence-corrected chi connectivity index (χ0v) is 10.7. The Bertz CT molecular complexity index is 382. The van der Waals surface area contributed by atoms with E-state index in [-0.39, 0.29) is 0 Å². The molecule has 0 amide bonds. The van der Waals surface area contributed by atoms with Gasteiger partial charge in [-0.2, -0.15) is 0 Å². The zero-order chi connectivity index (χ0) is 11.7. The summed E-state index contributed by atoms with van der Waals surface area (Å²) in [4.78, 5) is 2.69. The zero-order valence-electron chi connectivity index (χ0n) is 10.7. The normalized spacial score (nSPS) is 29.2. The highest BCUT2D eigenvalue weighted by atomic mass is 15.2. The van der Waals surface area contributed by atoms with Gasteiger partial charge in [0.05, 0.1) is 0 Å². The molecule has 1 aliphatic heterocycles. The van der Waals surface area contributed by atoms with Gasteiger partial charge in [0, 0.05) is 12.1 Å². The van der Waals surface area contributed by atoms with Crippen LogP contribution in [0.4, 0.5) is 0 Å². The SMILES string of the molecule is CNC1c2ccccc2CCC1N1CCCC1. The van der Waals surface area contributed by atoms with Crippen molar-refractivity contribution in [2.45, 2.75) is 37.8 Å². The highest BCUT2D eigenvalue weighted by Crippen LogP contribution is 2.34. The van der Waals surface area contributed by atoms with Crippen LogP contribution >= 0.6 is 0 Å². The van der Waals surface area contributed by atoms with Crippen LogP contribution < -0.4 is 5.32 Å². The lowest BCUT2D eigenvalue weighted by Crippen LogP contribution is -2.45. The second kappa shape index (κ2) is 4.79. The first kappa shape index (κ1) is 11.2. The summed E-state index contributed by atoms with van der Waals surface area (Å²) in [6.07, 6.45) is 5.32. The second-order valence-corrected chi connectivity index (χ2v) is 5.31. The fourth-order valence-electron chi connectivity index (χ4n) is 3.56. The van der Waals surface area contributed by atoms with Crippen LogP contribution in [0.15, 0.2) is 24.3 Å². The molecule has 0 radical (unpaired) electrons. The minimum atomic E-state index is 0.526. The van der Waals surface area contributed by atoms with Crippen LogP contribution in [-0.4, -0.2) is 31.1 Å². The van der Waals surface area contributed by atoms with Crippen molar-refractivity contribution in [2.24, 2.45) is 0 Å². The monoisotopic (exact) mass is 230 g/mol. The number of likely N-dealkylation sites (N-methyl/N-ethyl adjacent to an activating group) is 1. The van der Waals surface area contributed by atoms with E-state index in [1.54, 1.807) is 5.56 Å². The van der Waals surface area contributed by atoms with E-state index in [2.05, 4.69) is 41.5 Å². The summed E-state index contributed by atoms with van der Waals surface area (Å²) >= 11 is 0. The molecule has 2 aliphatic rings. The Labute approximate surface area is 104 Å². The average molecular weight is 230 g/mol. The largest absolute Gasteiger partial charge is 0.312 e. The molecule has 1 aromatic carbocycles. The molecule has 1 saturated heterocycles. The molecule has 0 saturated carbocycles. The summed E-state index contributed by atoms with van der Waals surface area (Å²) in [5.41, 5.74) is 3.07. The van der Waals surface area contributed by atoms with Gasteiger partial charge in [0.25, 0.3) is 0 Å². The minimum Gasteiger partial charge on any atom is -0.312 e. The third-order valence-electron chi connectivity index (χ3n) is 4.41. The lowest BCUT2D eigenvalue weighted by Gasteiger charge is -2.39. The Morgan fingerprint density at radius 1 is 1.18 bits per heavy atom. The van der Waals surface area contributed by atoms with Crippen molar-refractivity contribution in [2.75, 3.05) is 20.1 Å². The second-order valence-electron chi connectivity index (χ2n) is 5.31. The molecule has 1 aliphatic carbocycles. The van der Waals surface area contributed by atoms with E-state index in [1.807, 2.05) is 0 Å². The van der Waals surface area contributed by atoms with Crippen LogP contribution in [-0.2, 0) is 6.42 Å². The average Bonchev–Trinajstić information content (AvgIpc) is 2.91. The van der Waals surface area contributed by atoms with Crippen LogP contribution in [0.2, 0.25) is 0 Å². The molecule has 2 atom stereocenters. The molecule has 0 bridgehead atoms. The molecule has 0 aromatic heterocycles. The van der Waals surface area contributed by atoms with Crippen LogP contribution in [0, 0.1) is 0 Å². The van der Waals surface area contributed by atoms with Crippen molar-refractivity contribution in [3.8, 4) is 0 Å². The first-order chi connectivity index (χ1) is 8.40. The molecule has 1 heterocycles. The molecule has 17 heavy (non-hydrogen) atoms. The third kappa shape index (κ3) is 2.00. The van der Waals surface area contributed by atoms with Crippen molar-refractivity contribution < 1.29 is 0 Å². The molecule has 3 rings (SSSR count). The number of hydrogen-bond acceptors (Lipinski definition) is 2. The van der Waals surface area contributed by atoms with Crippen molar-refractivity contribution >= 4 is 0 Å². The van der Waals surface area contributed by atoms with E-state index in [9.17, 15) is 0 Å². The molecule has 2 heteroatoms. The van der Waals surface area contributed by atoms with Crippen LogP contribution in [0.1, 0.15) is 36.4 Å². The molecule has 1 N–H and O–H groups in total. The van der Waals surface area contributed by atoms with Gasteiger partial charge in [-0.15, -0.1) is 0 Å². The summed E-state index contributed by atoms with van der Waals surface area (Å²) in [5, 5.41) is 3.55. The molecule has 2 unspecified atom stereocenters. The molecule has 1 fully saturated rings. The topological polar surface area (TPSA) is 15.3 Å². The lowest BCUT2D eigenvalue weighted by molar-refractivity contribution is 0.176. The summed E-state index contributed by atoms with van der Waals surface area (Å²) in [5.74, 6) is 0. The molecule has 2 nitrogen and oxygen atoms in total. The van der Waals surface area contributed by atoms with Gasteiger partial charge in [-0.05, 0) is 56.9 Å². The number of rotatable bonds is 2.